The molecule has 2 amide bonds. The molecule has 1 atom stereocenters. The number of hydrogen-bond donors (Lipinski definition) is 1. The Labute approximate surface area is 129 Å². The summed E-state index contributed by atoms with van der Waals surface area (Å²) in [5.74, 6) is 0.507. The van der Waals surface area contributed by atoms with Crippen molar-refractivity contribution < 1.29 is 4.79 Å². The molecule has 20 heavy (non-hydrogen) atoms. The van der Waals surface area contributed by atoms with E-state index < -0.39 is 0 Å². The van der Waals surface area contributed by atoms with Crippen LogP contribution in [0.1, 0.15) is 12.8 Å². The lowest BCUT2D eigenvalue weighted by atomic mass is 10.3. The summed E-state index contributed by atoms with van der Waals surface area (Å²) in [7, 11) is 0. The minimum Gasteiger partial charge on any atom is -0.304 e. The molecule has 1 aliphatic heterocycles. The van der Waals surface area contributed by atoms with E-state index in [1.54, 1.807) is 11.1 Å². The van der Waals surface area contributed by atoms with Gasteiger partial charge in [0.25, 0.3) is 0 Å². The number of imidazole rings is 1. The van der Waals surface area contributed by atoms with Crippen LogP contribution in [0.5, 0.6) is 0 Å². The average Bonchev–Trinajstić information content (AvgIpc) is 3.03. The first-order chi connectivity index (χ1) is 9.67. The fourth-order valence-electron chi connectivity index (χ4n) is 2.33. The van der Waals surface area contributed by atoms with Crippen molar-refractivity contribution in [3.8, 4) is 0 Å². The lowest BCUT2D eigenvalue weighted by Crippen LogP contribution is -2.37. The van der Waals surface area contributed by atoms with Gasteiger partial charge in [-0.05, 0) is 41.1 Å². The van der Waals surface area contributed by atoms with Crippen LogP contribution in [0.25, 0.3) is 10.5 Å². The number of nitrogens with one attached hydrogen (secondary N) is 1. The van der Waals surface area contributed by atoms with Crippen molar-refractivity contribution in [1.29, 1.82) is 0 Å². The Hall–Kier alpha value is -1.82. The van der Waals surface area contributed by atoms with E-state index in [9.17, 15) is 4.79 Å². The van der Waals surface area contributed by atoms with E-state index >= 15 is 0 Å². The molecule has 0 radical (unpaired) electrons. The Morgan fingerprint density at radius 1 is 1.50 bits per heavy atom. The normalized spacial score (nSPS) is 18.2. The summed E-state index contributed by atoms with van der Waals surface area (Å²) in [6.07, 6.45) is 5.01. The molecule has 0 bridgehead atoms. The van der Waals surface area contributed by atoms with E-state index in [1.807, 2.05) is 22.7 Å². The third-order valence-electron chi connectivity index (χ3n) is 3.28. The van der Waals surface area contributed by atoms with Gasteiger partial charge in [0.2, 0.25) is 0 Å². The summed E-state index contributed by atoms with van der Waals surface area (Å²) >= 11 is 2.22. The number of carbonyl (C=O) groups is 1. The van der Waals surface area contributed by atoms with Crippen LogP contribution in [0.4, 0.5) is 10.6 Å². The van der Waals surface area contributed by atoms with Gasteiger partial charge in [-0.2, -0.15) is 0 Å². The Bertz CT molecular complexity index is 704. The third kappa shape index (κ3) is 2.43. The zero-order chi connectivity index (χ0) is 14.1. The van der Waals surface area contributed by atoms with E-state index in [0.29, 0.717) is 12.4 Å². The van der Waals surface area contributed by atoms with Gasteiger partial charge < -0.3 is 4.40 Å². The largest absolute Gasteiger partial charge is 0.328 e. The number of urea groups is 1. The van der Waals surface area contributed by atoms with Gasteiger partial charge >= 0.3 is 12.2 Å². The number of hydrogen-bond acceptors (Lipinski definition) is 2. The van der Waals surface area contributed by atoms with Gasteiger partial charge in [0.1, 0.15) is 5.65 Å². The van der Waals surface area contributed by atoms with Crippen LogP contribution in [0.15, 0.2) is 24.5 Å². The number of halogens is 1. The van der Waals surface area contributed by atoms with E-state index in [0.717, 1.165) is 22.1 Å². The molecule has 3 heterocycles. The van der Waals surface area contributed by atoms with Crippen LogP contribution in [-0.2, 0) is 0 Å². The van der Waals surface area contributed by atoms with Gasteiger partial charge in [0, 0.05) is 22.7 Å². The average molecular weight is 381 g/mol. The van der Waals surface area contributed by atoms with Gasteiger partial charge in [0.15, 0.2) is 5.82 Å². The molecule has 102 valence electrons. The first-order valence-electron chi connectivity index (χ1n) is 6.26. The van der Waals surface area contributed by atoms with Crippen LogP contribution < -0.4 is 5.32 Å². The van der Waals surface area contributed by atoms with Crippen LogP contribution in [0.2, 0.25) is 0 Å². The minimum atomic E-state index is -0.340. The van der Waals surface area contributed by atoms with E-state index in [4.69, 9.17) is 6.57 Å². The summed E-state index contributed by atoms with van der Waals surface area (Å²) in [5.41, 5.74) is 0.781. The Morgan fingerprint density at radius 2 is 2.35 bits per heavy atom. The van der Waals surface area contributed by atoms with E-state index in [-0.39, 0.29) is 12.2 Å². The number of nitrogens with zero attached hydrogens (tertiary/aromatic N) is 4. The van der Waals surface area contributed by atoms with Gasteiger partial charge in [-0.15, -0.1) is 0 Å². The highest BCUT2D eigenvalue weighted by Gasteiger charge is 2.33. The van der Waals surface area contributed by atoms with Crippen molar-refractivity contribution in [3.05, 3.63) is 39.5 Å². The zero-order valence-corrected chi connectivity index (χ0v) is 12.7. The second-order valence-electron chi connectivity index (χ2n) is 4.61. The molecule has 3 rings (SSSR count). The molecule has 1 aliphatic rings. The summed E-state index contributed by atoms with van der Waals surface area (Å²) in [5, 5.41) is 2.77. The fraction of sp³-hybridized carbons (Fsp3) is 0.308. The fourth-order valence-corrected chi connectivity index (χ4v) is 2.81. The summed E-state index contributed by atoms with van der Waals surface area (Å²) in [4.78, 5) is 21.5. The van der Waals surface area contributed by atoms with Crippen LogP contribution >= 0.6 is 22.6 Å². The highest BCUT2D eigenvalue weighted by atomic mass is 127. The van der Waals surface area contributed by atoms with Crippen molar-refractivity contribution in [2.45, 2.75) is 19.0 Å². The van der Waals surface area contributed by atoms with Crippen molar-refractivity contribution in [2.75, 3.05) is 11.9 Å². The second kappa shape index (κ2) is 5.28. The number of anilines is 1. The van der Waals surface area contributed by atoms with Gasteiger partial charge in [0.05, 0.1) is 6.20 Å². The predicted octanol–water partition coefficient (Wildman–Crippen LogP) is 2.81. The number of likely N-dealkylation sites (tertiary alicyclic amines) is 1. The maximum atomic E-state index is 12.1. The molecule has 0 spiro atoms. The number of fused-ring (bicyclic) bond motifs is 1. The first-order valence-corrected chi connectivity index (χ1v) is 7.34. The Kier molecular flexibility index (Phi) is 3.48. The van der Waals surface area contributed by atoms with E-state index in [1.165, 1.54) is 0 Å². The molecular weight excluding hydrogens is 369 g/mol. The standard InChI is InChI=1S/C13H12IN5O/c1-15-11-3-2-6-19(11)13(20)17-10-8-18-7-9(14)4-5-12(18)16-10/h4-5,7-8,11H,2-3,6H2,(H,17,20)/t11-/m0/s1. The third-order valence-corrected chi connectivity index (χ3v) is 3.92. The number of rotatable bonds is 1. The van der Waals surface area contributed by atoms with Crippen molar-refractivity contribution in [3.63, 3.8) is 0 Å². The molecule has 0 unspecified atom stereocenters. The van der Waals surface area contributed by atoms with Gasteiger partial charge in [-0.1, -0.05) is 0 Å². The lowest BCUT2D eigenvalue weighted by Gasteiger charge is -2.15. The van der Waals surface area contributed by atoms with Crippen LogP contribution in [0, 0.1) is 10.1 Å². The molecule has 1 saturated heterocycles. The van der Waals surface area contributed by atoms with Gasteiger partial charge in [-0.25, -0.2) is 16.4 Å². The maximum Gasteiger partial charge on any atom is 0.328 e. The van der Waals surface area contributed by atoms with E-state index in [2.05, 4.69) is 37.7 Å². The Morgan fingerprint density at radius 3 is 3.15 bits per heavy atom. The highest BCUT2D eigenvalue weighted by Crippen LogP contribution is 2.20. The molecule has 2 aromatic rings. The molecular formula is C13H12IN5O. The lowest BCUT2D eigenvalue weighted by molar-refractivity contribution is 0.214. The summed E-state index contributed by atoms with van der Waals surface area (Å²) in [6.45, 7) is 7.73. The molecule has 0 aromatic carbocycles. The molecule has 1 fully saturated rings. The minimum absolute atomic E-state index is 0.249. The first kappa shape index (κ1) is 13.2. The number of pyridine rings is 1. The molecule has 2 aromatic heterocycles. The van der Waals surface area contributed by atoms with Gasteiger partial charge in [-0.3, -0.25) is 15.1 Å². The maximum absolute atomic E-state index is 12.1. The van der Waals surface area contributed by atoms with Crippen LogP contribution in [-0.4, -0.2) is 33.0 Å². The van der Waals surface area contributed by atoms with Crippen molar-refractivity contribution in [1.82, 2.24) is 14.3 Å². The van der Waals surface area contributed by atoms with Crippen molar-refractivity contribution in [2.24, 2.45) is 0 Å². The number of carbonyl (C=O) groups excluding carboxylic acids is 1. The predicted molar refractivity (Wildman–Crippen MR) is 83.3 cm³/mol. The molecule has 7 heteroatoms. The quantitative estimate of drug-likeness (QED) is 0.610. The topological polar surface area (TPSA) is 54.0 Å². The number of aromatic nitrogens is 2. The molecule has 0 saturated carbocycles. The van der Waals surface area contributed by atoms with Crippen molar-refractivity contribution >= 4 is 40.1 Å². The molecule has 1 N–H and O–H groups in total. The second-order valence-corrected chi connectivity index (χ2v) is 5.86. The SMILES string of the molecule is [C-]#[N+][C@@H]1CCCN1C(=O)Nc1cn2cc(I)ccc2n1. The number of amides is 2. The molecule has 6 nitrogen and oxygen atoms in total. The monoisotopic (exact) mass is 381 g/mol. The Balaban J connectivity index is 1.79. The zero-order valence-electron chi connectivity index (χ0n) is 10.6. The van der Waals surface area contributed by atoms with Crippen LogP contribution in [0.3, 0.4) is 0 Å². The molecule has 0 aliphatic carbocycles. The summed E-state index contributed by atoms with van der Waals surface area (Å²) in [6, 6.07) is 3.61. The summed E-state index contributed by atoms with van der Waals surface area (Å²) < 4.78 is 2.96. The smallest absolute Gasteiger partial charge is 0.304 e. The highest BCUT2D eigenvalue weighted by molar-refractivity contribution is 14.1.